The van der Waals surface area contributed by atoms with Crippen LogP contribution >= 0.6 is 0 Å². The van der Waals surface area contributed by atoms with Gasteiger partial charge in [-0.2, -0.15) is 0 Å². The molecule has 138 valence electrons. The van der Waals surface area contributed by atoms with Gasteiger partial charge in [0.2, 0.25) is 0 Å². The Bertz CT molecular complexity index is 981. The largest absolute Gasteiger partial charge is 0.497 e. The fourth-order valence-corrected chi connectivity index (χ4v) is 2.96. The van der Waals surface area contributed by atoms with Crippen LogP contribution in [0, 0.1) is 20.2 Å². The van der Waals surface area contributed by atoms with E-state index < -0.39 is 9.85 Å². The van der Waals surface area contributed by atoms with Gasteiger partial charge in [0.25, 0.3) is 11.4 Å². The molecule has 2 aromatic carbocycles. The third-order valence-electron chi connectivity index (χ3n) is 4.33. The maximum Gasteiger partial charge on any atom is 0.283 e. The number of hydrogen-bond donors (Lipinski definition) is 0. The van der Waals surface area contributed by atoms with Gasteiger partial charge in [0.05, 0.1) is 28.6 Å². The third kappa shape index (κ3) is 3.50. The van der Waals surface area contributed by atoms with Gasteiger partial charge in [-0.15, -0.1) is 0 Å². The minimum Gasteiger partial charge on any atom is -0.497 e. The van der Waals surface area contributed by atoms with Crippen molar-refractivity contribution in [1.29, 1.82) is 0 Å². The van der Waals surface area contributed by atoms with E-state index >= 15 is 0 Å². The van der Waals surface area contributed by atoms with Gasteiger partial charge in [0.1, 0.15) is 5.75 Å². The van der Waals surface area contributed by atoms with Gasteiger partial charge in [0, 0.05) is 30.1 Å². The van der Waals surface area contributed by atoms with Crippen molar-refractivity contribution in [1.82, 2.24) is 0 Å². The van der Waals surface area contributed by atoms with Crippen molar-refractivity contribution in [2.75, 3.05) is 18.6 Å². The Labute approximate surface area is 155 Å². The summed E-state index contributed by atoms with van der Waals surface area (Å²) in [6.45, 7) is 2.79. The van der Waals surface area contributed by atoms with Crippen molar-refractivity contribution in [2.24, 2.45) is 0 Å². The summed E-state index contributed by atoms with van der Waals surface area (Å²) in [4.78, 5) is 23.1. The monoisotopic (exact) mass is 367 g/mol. The highest BCUT2D eigenvalue weighted by Crippen LogP contribution is 2.37. The number of methoxy groups -OCH3 is 1. The Balaban J connectivity index is 2.16. The number of nitrogens with zero attached hydrogens (tertiary/aromatic N) is 3. The van der Waals surface area contributed by atoms with Crippen LogP contribution in [-0.2, 0) is 0 Å². The first-order chi connectivity index (χ1) is 12.9. The molecule has 8 heteroatoms. The fourth-order valence-electron chi connectivity index (χ4n) is 2.96. The molecular formula is C19H17N3O5. The van der Waals surface area contributed by atoms with Gasteiger partial charge >= 0.3 is 0 Å². The number of hydrogen-bond acceptors (Lipinski definition) is 6. The molecule has 1 heterocycles. The zero-order valence-corrected chi connectivity index (χ0v) is 14.8. The highest BCUT2D eigenvalue weighted by atomic mass is 16.6. The summed E-state index contributed by atoms with van der Waals surface area (Å²) >= 11 is 0. The van der Waals surface area contributed by atoms with Crippen LogP contribution < -0.4 is 9.64 Å². The van der Waals surface area contributed by atoms with Gasteiger partial charge in [-0.25, -0.2) is 0 Å². The predicted molar refractivity (Wildman–Crippen MR) is 103 cm³/mol. The van der Waals surface area contributed by atoms with Gasteiger partial charge in [-0.05, 0) is 48.9 Å². The normalized spacial score (nSPS) is 14.1. The Morgan fingerprint density at radius 2 is 1.89 bits per heavy atom. The van der Waals surface area contributed by atoms with Crippen LogP contribution in [0.2, 0.25) is 0 Å². The van der Waals surface area contributed by atoms with Crippen molar-refractivity contribution in [3.63, 3.8) is 0 Å². The van der Waals surface area contributed by atoms with Crippen molar-refractivity contribution in [3.8, 4) is 5.75 Å². The fraction of sp³-hybridized carbons (Fsp3) is 0.158. The number of anilines is 1. The van der Waals surface area contributed by atoms with E-state index in [1.54, 1.807) is 13.2 Å². The van der Waals surface area contributed by atoms with Gasteiger partial charge in [-0.3, -0.25) is 20.2 Å². The topological polar surface area (TPSA) is 98.8 Å². The van der Waals surface area contributed by atoms with Crippen LogP contribution in [0.1, 0.15) is 18.1 Å². The van der Waals surface area contributed by atoms with Gasteiger partial charge < -0.3 is 9.64 Å². The molecule has 0 atom stereocenters. The smallest absolute Gasteiger partial charge is 0.283 e. The number of nitro benzene ring substituents is 2. The number of fused-ring (bicyclic) bond motifs is 1. The average Bonchev–Trinajstić information content (AvgIpc) is 2.67. The number of ether oxygens (including phenoxy) is 1. The third-order valence-corrected chi connectivity index (χ3v) is 4.33. The molecule has 0 aliphatic carbocycles. The van der Waals surface area contributed by atoms with E-state index in [0.29, 0.717) is 11.3 Å². The van der Waals surface area contributed by atoms with E-state index in [-0.39, 0.29) is 11.4 Å². The first kappa shape index (κ1) is 18.1. The first-order valence-corrected chi connectivity index (χ1v) is 8.22. The molecule has 0 aromatic heterocycles. The maximum atomic E-state index is 11.4. The second-order valence-electron chi connectivity index (χ2n) is 5.84. The number of allylic oxidation sites excluding steroid dienone is 2. The molecule has 0 fully saturated rings. The molecule has 0 bridgehead atoms. The minimum atomic E-state index is -0.649. The molecule has 0 saturated carbocycles. The van der Waals surface area contributed by atoms with Crippen LogP contribution in [0.5, 0.6) is 5.75 Å². The van der Waals surface area contributed by atoms with Crippen LogP contribution in [0.25, 0.3) is 11.6 Å². The Kier molecular flexibility index (Phi) is 4.89. The summed E-state index contributed by atoms with van der Waals surface area (Å²) < 4.78 is 5.30. The molecule has 0 amide bonds. The number of rotatable bonds is 5. The molecule has 0 unspecified atom stereocenters. The predicted octanol–water partition coefficient (Wildman–Crippen LogP) is 4.41. The molecule has 0 N–H and O–H groups in total. The van der Waals surface area contributed by atoms with E-state index in [4.69, 9.17) is 4.74 Å². The second kappa shape index (κ2) is 7.28. The summed E-state index contributed by atoms with van der Waals surface area (Å²) in [6.07, 6.45) is 5.41. The molecule has 2 aromatic rings. The Hall–Kier alpha value is -3.68. The quantitative estimate of drug-likeness (QED) is 0.573. The van der Waals surface area contributed by atoms with Crippen molar-refractivity contribution >= 4 is 28.7 Å². The number of non-ortho nitro benzene ring substituents is 1. The molecule has 0 spiro atoms. The Morgan fingerprint density at radius 3 is 2.52 bits per heavy atom. The van der Waals surface area contributed by atoms with E-state index in [2.05, 4.69) is 4.90 Å². The molecule has 0 radical (unpaired) electrons. The highest BCUT2D eigenvalue weighted by molar-refractivity contribution is 5.96. The minimum absolute atomic E-state index is 0.295. The van der Waals surface area contributed by atoms with Gasteiger partial charge in [-0.1, -0.05) is 0 Å². The lowest BCUT2D eigenvalue weighted by Gasteiger charge is -2.27. The molecule has 8 nitrogen and oxygen atoms in total. The van der Waals surface area contributed by atoms with E-state index in [1.165, 1.54) is 12.1 Å². The van der Waals surface area contributed by atoms with E-state index in [9.17, 15) is 20.2 Å². The lowest BCUT2D eigenvalue weighted by Crippen LogP contribution is -2.19. The van der Waals surface area contributed by atoms with E-state index in [1.807, 2.05) is 37.4 Å². The second-order valence-corrected chi connectivity index (χ2v) is 5.84. The summed E-state index contributed by atoms with van der Waals surface area (Å²) in [5.74, 6) is 0.671. The van der Waals surface area contributed by atoms with Crippen LogP contribution in [0.4, 0.5) is 17.1 Å². The lowest BCUT2D eigenvalue weighted by atomic mass is 9.96. The van der Waals surface area contributed by atoms with Crippen LogP contribution in [0.15, 0.2) is 48.7 Å². The summed E-state index contributed by atoms with van der Waals surface area (Å²) in [5, 5.41) is 22.3. The zero-order chi connectivity index (χ0) is 19.6. The number of nitro groups is 2. The SMILES string of the molecule is CCN1C=C/C(=C\c2ccc([N+](=O)[O-])cc2[N+](=O)[O-])c2cc(OC)ccc21. The number of benzene rings is 2. The molecule has 0 saturated heterocycles. The average molecular weight is 367 g/mol. The van der Waals surface area contributed by atoms with E-state index in [0.717, 1.165) is 29.4 Å². The zero-order valence-electron chi connectivity index (χ0n) is 14.8. The summed E-state index contributed by atoms with van der Waals surface area (Å²) in [6, 6.07) is 9.28. The molecule has 1 aliphatic rings. The standard InChI is InChI=1S/C19H17N3O5/c1-3-20-9-8-13(17-12-16(27-2)6-7-18(17)20)10-14-4-5-15(21(23)24)11-19(14)22(25)26/h4-12H,3H2,1-2H3/b13-10+. The van der Waals surface area contributed by atoms with Crippen LogP contribution in [-0.4, -0.2) is 23.5 Å². The molecule has 3 rings (SSSR count). The van der Waals surface area contributed by atoms with Crippen LogP contribution in [0.3, 0.4) is 0 Å². The molecule has 27 heavy (non-hydrogen) atoms. The highest BCUT2D eigenvalue weighted by Gasteiger charge is 2.21. The summed E-state index contributed by atoms with van der Waals surface area (Å²) in [5.41, 5.74) is 2.24. The molecule has 1 aliphatic heterocycles. The maximum absolute atomic E-state index is 11.4. The Morgan fingerprint density at radius 1 is 1.11 bits per heavy atom. The van der Waals surface area contributed by atoms with Crippen molar-refractivity contribution in [3.05, 3.63) is 80.0 Å². The summed E-state index contributed by atoms with van der Waals surface area (Å²) in [7, 11) is 1.57. The first-order valence-electron chi connectivity index (χ1n) is 8.22. The van der Waals surface area contributed by atoms with Gasteiger partial charge in [0.15, 0.2) is 0 Å². The van der Waals surface area contributed by atoms with Crippen molar-refractivity contribution < 1.29 is 14.6 Å². The molecular weight excluding hydrogens is 350 g/mol. The van der Waals surface area contributed by atoms with Crippen molar-refractivity contribution in [2.45, 2.75) is 6.92 Å². The lowest BCUT2D eigenvalue weighted by molar-refractivity contribution is -0.394.